The Labute approximate surface area is 92.7 Å². The molecule has 0 saturated carbocycles. The van der Waals surface area contributed by atoms with Crippen molar-refractivity contribution in [2.45, 2.75) is 0 Å². The van der Waals surface area contributed by atoms with E-state index < -0.39 is 0 Å². The van der Waals surface area contributed by atoms with Gasteiger partial charge < -0.3 is 4.74 Å². The number of carbonyl (C=O) groups is 1. The Morgan fingerprint density at radius 3 is 2.69 bits per heavy atom. The van der Waals surface area contributed by atoms with E-state index in [0.29, 0.717) is 17.1 Å². The average Bonchev–Trinajstić information content (AvgIpc) is 2.75. The van der Waals surface area contributed by atoms with Gasteiger partial charge >= 0.3 is 0 Å². The molecule has 2 heterocycles. The molecule has 0 spiro atoms. The van der Waals surface area contributed by atoms with Crippen LogP contribution in [-0.2, 0) is 7.05 Å². The van der Waals surface area contributed by atoms with E-state index in [9.17, 15) is 4.79 Å². The van der Waals surface area contributed by atoms with Crippen LogP contribution in [0.5, 0.6) is 5.88 Å². The van der Waals surface area contributed by atoms with Crippen molar-refractivity contribution < 1.29 is 9.53 Å². The fourth-order valence-corrected chi connectivity index (χ4v) is 1.38. The number of rotatable bonds is 3. The number of ether oxygens (including phenoxy) is 1. The van der Waals surface area contributed by atoms with Crippen LogP contribution in [0, 0.1) is 0 Å². The van der Waals surface area contributed by atoms with Crippen molar-refractivity contribution in [3.05, 3.63) is 41.9 Å². The minimum Gasteiger partial charge on any atom is -0.481 e. The number of ketones is 1. The van der Waals surface area contributed by atoms with Crippen LogP contribution >= 0.6 is 0 Å². The lowest BCUT2D eigenvalue weighted by molar-refractivity contribution is 0.103. The molecule has 2 rings (SSSR count). The van der Waals surface area contributed by atoms with E-state index >= 15 is 0 Å². The number of hydrogen-bond donors (Lipinski definition) is 0. The third kappa shape index (κ3) is 1.79. The van der Waals surface area contributed by atoms with Gasteiger partial charge in [-0.2, -0.15) is 5.10 Å². The molecule has 0 aliphatic carbocycles. The minimum atomic E-state index is -0.102. The van der Waals surface area contributed by atoms with Gasteiger partial charge in [0.25, 0.3) is 0 Å². The van der Waals surface area contributed by atoms with E-state index in [0.717, 1.165) is 0 Å². The minimum absolute atomic E-state index is 0.102. The molecule has 0 aromatic carbocycles. The van der Waals surface area contributed by atoms with Crippen molar-refractivity contribution in [2.75, 3.05) is 7.11 Å². The maximum atomic E-state index is 12.0. The van der Waals surface area contributed by atoms with Gasteiger partial charge in [-0.05, 0) is 12.1 Å². The van der Waals surface area contributed by atoms with E-state index in [1.54, 1.807) is 31.4 Å². The molecule has 0 N–H and O–H groups in total. The van der Waals surface area contributed by atoms with Crippen molar-refractivity contribution in [1.29, 1.82) is 0 Å². The molecule has 0 aliphatic heterocycles. The normalized spacial score (nSPS) is 10.1. The topological polar surface area (TPSA) is 57.0 Å². The fraction of sp³-hybridized carbons (Fsp3) is 0.182. The molecule has 0 saturated heterocycles. The number of nitrogens with zero attached hydrogens (tertiary/aromatic N) is 3. The van der Waals surface area contributed by atoms with Crippen molar-refractivity contribution in [3.8, 4) is 5.88 Å². The largest absolute Gasteiger partial charge is 0.481 e. The van der Waals surface area contributed by atoms with Crippen molar-refractivity contribution in [2.24, 2.45) is 7.05 Å². The quantitative estimate of drug-likeness (QED) is 0.721. The number of aryl methyl sites for hydroxylation is 1. The number of carbonyl (C=O) groups excluding carboxylic acids is 1. The molecular formula is C11H11N3O2. The third-order valence-corrected chi connectivity index (χ3v) is 2.26. The number of hydrogen-bond acceptors (Lipinski definition) is 4. The fourth-order valence-electron chi connectivity index (χ4n) is 1.38. The van der Waals surface area contributed by atoms with Gasteiger partial charge in [0.15, 0.2) is 0 Å². The first kappa shape index (κ1) is 10.4. The summed E-state index contributed by atoms with van der Waals surface area (Å²) in [7, 11) is 3.26. The summed E-state index contributed by atoms with van der Waals surface area (Å²) in [4.78, 5) is 16.0. The van der Waals surface area contributed by atoms with Crippen LogP contribution in [0.3, 0.4) is 0 Å². The summed E-state index contributed by atoms with van der Waals surface area (Å²) < 4.78 is 6.46. The maximum Gasteiger partial charge on any atom is 0.212 e. The van der Waals surface area contributed by atoms with Crippen LogP contribution in [-0.4, -0.2) is 27.7 Å². The van der Waals surface area contributed by atoms with Crippen molar-refractivity contribution >= 4 is 5.78 Å². The molecule has 5 nitrogen and oxygen atoms in total. The first-order valence-corrected chi connectivity index (χ1v) is 4.75. The second-order valence-corrected chi connectivity index (χ2v) is 3.26. The highest BCUT2D eigenvalue weighted by Crippen LogP contribution is 2.11. The van der Waals surface area contributed by atoms with Crippen LogP contribution in [0.15, 0.2) is 30.6 Å². The van der Waals surface area contributed by atoms with E-state index in [4.69, 9.17) is 4.74 Å². The highest BCUT2D eigenvalue weighted by Gasteiger charge is 2.12. The molecule has 16 heavy (non-hydrogen) atoms. The summed E-state index contributed by atoms with van der Waals surface area (Å²) in [5.41, 5.74) is 1.05. The number of aromatic nitrogens is 3. The van der Waals surface area contributed by atoms with E-state index in [2.05, 4.69) is 10.1 Å². The van der Waals surface area contributed by atoms with Gasteiger partial charge in [-0.1, -0.05) is 0 Å². The third-order valence-electron chi connectivity index (χ3n) is 2.26. The van der Waals surface area contributed by atoms with E-state index in [1.165, 1.54) is 18.0 Å². The maximum absolute atomic E-state index is 12.0. The molecule has 0 radical (unpaired) electrons. The molecule has 0 atom stereocenters. The highest BCUT2D eigenvalue weighted by atomic mass is 16.5. The van der Waals surface area contributed by atoms with Gasteiger partial charge in [-0.25, -0.2) is 4.98 Å². The zero-order valence-corrected chi connectivity index (χ0v) is 9.04. The molecule has 0 fully saturated rings. The molecule has 2 aromatic heterocycles. The molecule has 82 valence electrons. The van der Waals surface area contributed by atoms with Crippen molar-refractivity contribution in [3.63, 3.8) is 0 Å². The van der Waals surface area contributed by atoms with Crippen LogP contribution in [0.25, 0.3) is 0 Å². The Kier molecular flexibility index (Phi) is 2.68. The Morgan fingerprint density at radius 2 is 2.19 bits per heavy atom. The second kappa shape index (κ2) is 4.14. The lowest BCUT2D eigenvalue weighted by atomic mass is 10.1. The van der Waals surface area contributed by atoms with Gasteiger partial charge in [-0.15, -0.1) is 0 Å². The van der Waals surface area contributed by atoms with Gasteiger partial charge in [-0.3, -0.25) is 9.48 Å². The van der Waals surface area contributed by atoms with E-state index in [-0.39, 0.29) is 5.78 Å². The summed E-state index contributed by atoms with van der Waals surface area (Å²) in [6.45, 7) is 0. The van der Waals surface area contributed by atoms with Crippen molar-refractivity contribution in [1.82, 2.24) is 14.8 Å². The van der Waals surface area contributed by atoms with Crippen LogP contribution in [0.4, 0.5) is 0 Å². The predicted molar refractivity (Wildman–Crippen MR) is 57.4 cm³/mol. The summed E-state index contributed by atoms with van der Waals surface area (Å²) in [5.74, 6) is 0.386. The molecule has 2 aromatic rings. The second-order valence-electron chi connectivity index (χ2n) is 3.26. The van der Waals surface area contributed by atoms with Crippen LogP contribution in [0.2, 0.25) is 0 Å². The SMILES string of the molecule is COc1ccc(C(=O)c2ccnn2C)cn1. The van der Waals surface area contributed by atoms with Gasteiger partial charge in [0.05, 0.1) is 7.11 Å². The zero-order chi connectivity index (χ0) is 11.5. The Morgan fingerprint density at radius 1 is 1.38 bits per heavy atom. The van der Waals surface area contributed by atoms with Crippen LogP contribution in [0.1, 0.15) is 16.1 Å². The number of methoxy groups -OCH3 is 1. The monoisotopic (exact) mass is 217 g/mol. The molecule has 0 amide bonds. The van der Waals surface area contributed by atoms with Gasteiger partial charge in [0.1, 0.15) is 5.69 Å². The standard InChI is InChI=1S/C11H11N3O2/c1-14-9(5-6-13-14)11(15)8-3-4-10(16-2)12-7-8/h3-7H,1-2H3. The first-order chi connectivity index (χ1) is 7.72. The molecule has 5 heteroatoms. The summed E-state index contributed by atoms with van der Waals surface area (Å²) in [5, 5.41) is 3.95. The summed E-state index contributed by atoms with van der Waals surface area (Å²) in [6, 6.07) is 5.01. The van der Waals surface area contributed by atoms with E-state index in [1.807, 2.05) is 0 Å². The number of pyridine rings is 1. The Balaban J connectivity index is 2.31. The first-order valence-electron chi connectivity index (χ1n) is 4.75. The Hall–Kier alpha value is -2.17. The molecular weight excluding hydrogens is 206 g/mol. The smallest absolute Gasteiger partial charge is 0.212 e. The summed E-state index contributed by atoms with van der Waals surface area (Å²) in [6.07, 6.45) is 3.08. The molecule has 0 aliphatic rings. The average molecular weight is 217 g/mol. The lowest BCUT2D eigenvalue weighted by Gasteiger charge is -2.02. The highest BCUT2D eigenvalue weighted by molar-refractivity contribution is 6.07. The van der Waals surface area contributed by atoms with Gasteiger partial charge in [0, 0.05) is 31.1 Å². The molecule has 0 bridgehead atoms. The van der Waals surface area contributed by atoms with Crippen LogP contribution < -0.4 is 4.74 Å². The van der Waals surface area contributed by atoms with Gasteiger partial charge in [0.2, 0.25) is 11.7 Å². The summed E-state index contributed by atoms with van der Waals surface area (Å²) >= 11 is 0. The Bertz CT molecular complexity index is 502. The zero-order valence-electron chi connectivity index (χ0n) is 9.04. The lowest BCUT2D eigenvalue weighted by Crippen LogP contribution is -2.08. The predicted octanol–water partition coefficient (Wildman–Crippen LogP) is 1.05. The molecule has 0 unspecified atom stereocenters.